The van der Waals surface area contributed by atoms with Gasteiger partial charge in [0.1, 0.15) is 0 Å². The molecule has 1 aromatic rings. The van der Waals surface area contributed by atoms with Gasteiger partial charge in [0, 0.05) is 5.80 Å². The van der Waals surface area contributed by atoms with E-state index in [0.717, 1.165) is 5.56 Å². The van der Waals surface area contributed by atoms with Gasteiger partial charge in [-0.15, -0.1) is 0 Å². The van der Waals surface area contributed by atoms with Gasteiger partial charge in [-0.25, -0.2) is 0 Å². The van der Waals surface area contributed by atoms with E-state index in [-0.39, 0.29) is 10.8 Å². The zero-order chi connectivity index (χ0) is 10.6. The number of carbonyl (C=O) groups is 1. The summed E-state index contributed by atoms with van der Waals surface area (Å²) in [5.41, 5.74) is 0.890. The van der Waals surface area contributed by atoms with Crippen molar-refractivity contribution >= 4 is 28.6 Å². The van der Waals surface area contributed by atoms with Gasteiger partial charge in [0.25, 0.3) is 0 Å². The van der Waals surface area contributed by atoms with E-state index in [1.807, 2.05) is 52.9 Å². The number of benzene rings is 1. The predicted molar refractivity (Wildman–Crippen MR) is 60.2 cm³/mol. The number of halogens is 1. The molecule has 2 nitrogen and oxygen atoms in total. The fourth-order valence-corrected chi connectivity index (χ4v) is 1.62. The van der Waals surface area contributed by atoms with Gasteiger partial charge in [-0.2, -0.15) is 0 Å². The second-order valence-electron chi connectivity index (χ2n) is 2.70. The Morgan fingerprint density at radius 3 is 2.62 bits per heavy atom. The number of hydrogen-bond donors (Lipinski definition) is 1. The molecule has 1 aromatic carbocycles. The average molecular weight is 291 g/mol. The summed E-state index contributed by atoms with van der Waals surface area (Å²) in [7, 11) is 0. The molecule has 0 fully saturated rings. The molecule has 3 heteroatoms. The molecule has 1 N–H and O–H groups in total. The maximum Gasteiger partial charge on any atom is 0.307 e. The molecule has 0 radical (unpaired) electrons. The molecule has 0 aliphatic carbocycles. The van der Waals surface area contributed by atoms with Crippen molar-refractivity contribution in [2.75, 3.05) is 4.43 Å². The van der Waals surface area contributed by atoms with Gasteiger partial charge >= 0.3 is 5.97 Å². The molecular formula is C10H11IO2. The van der Waals surface area contributed by atoms with E-state index in [1.54, 1.807) is 0 Å². The first kappa shape index (κ1) is 8.99. The molecule has 0 bridgehead atoms. The maximum atomic E-state index is 10.9. The second kappa shape index (κ2) is 5.21. The normalized spacial score (nSPS) is 15.9. The summed E-state index contributed by atoms with van der Waals surface area (Å²) in [4.78, 5) is 10.9. The predicted octanol–water partition coefficient (Wildman–Crippen LogP) is 2.36. The third-order valence-corrected chi connectivity index (χ3v) is 2.64. The van der Waals surface area contributed by atoms with Gasteiger partial charge in [-0.05, 0) is 12.0 Å². The number of carboxylic acids is 1. The molecule has 13 heavy (non-hydrogen) atoms. The van der Waals surface area contributed by atoms with E-state index in [4.69, 9.17) is 6.48 Å². The number of rotatable bonds is 4. The smallest absolute Gasteiger partial charge is 0.307 e. The number of alkyl halides is 1. The van der Waals surface area contributed by atoms with Crippen LogP contribution < -0.4 is 0 Å². The number of carboxylic acid groups (broad SMARTS) is 1. The Labute approximate surface area is 92.5 Å². The van der Waals surface area contributed by atoms with E-state index in [9.17, 15) is 4.79 Å². The SMILES string of the molecule is [2H]C(CI)(Cc1ccccc1)C(=O)O. The topological polar surface area (TPSA) is 37.3 Å². The molecule has 1 rings (SSSR count). The van der Waals surface area contributed by atoms with Gasteiger partial charge in [0.05, 0.1) is 5.89 Å². The molecule has 0 aliphatic heterocycles. The largest absolute Gasteiger partial charge is 0.481 e. The Hall–Kier alpha value is -0.580. The highest BCUT2D eigenvalue weighted by Gasteiger charge is 2.15. The Morgan fingerprint density at radius 1 is 1.54 bits per heavy atom. The minimum Gasteiger partial charge on any atom is -0.481 e. The summed E-state index contributed by atoms with van der Waals surface area (Å²) in [6, 6.07) is 9.27. The standard InChI is InChI=1S/C10H11IO2/c11-7-9(10(12)13)6-8-4-2-1-3-5-8/h1-5,9H,6-7H2,(H,12,13)/i9D. The lowest BCUT2D eigenvalue weighted by molar-refractivity contribution is -0.140. The van der Waals surface area contributed by atoms with Crippen LogP contribution in [0.4, 0.5) is 0 Å². The first-order valence-corrected chi connectivity index (χ1v) is 5.44. The zero-order valence-corrected chi connectivity index (χ0v) is 9.19. The molecule has 0 heterocycles. The van der Waals surface area contributed by atoms with E-state index in [1.165, 1.54) is 0 Å². The van der Waals surface area contributed by atoms with Crippen LogP contribution in [0.3, 0.4) is 0 Å². The molecular weight excluding hydrogens is 279 g/mol. The third-order valence-electron chi connectivity index (χ3n) is 1.72. The highest BCUT2D eigenvalue weighted by molar-refractivity contribution is 14.1. The van der Waals surface area contributed by atoms with Crippen LogP contribution in [0.25, 0.3) is 0 Å². The summed E-state index contributed by atoms with van der Waals surface area (Å²) in [6.45, 7) is 0. The van der Waals surface area contributed by atoms with E-state index in [0.29, 0.717) is 0 Å². The first-order chi connectivity index (χ1) is 6.58. The summed E-state index contributed by atoms with van der Waals surface area (Å²) in [6.07, 6.45) is 0.256. The van der Waals surface area contributed by atoms with E-state index in [2.05, 4.69) is 0 Å². The van der Waals surface area contributed by atoms with Gasteiger partial charge in [-0.3, -0.25) is 4.79 Å². The van der Waals surface area contributed by atoms with Crippen molar-refractivity contribution in [3.8, 4) is 0 Å². The van der Waals surface area contributed by atoms with Crippen LogP contribution in [-0.4, -0.2) is 15.5 Å². The van der Waals surface area contributed by atoms with Crippen LogP contribution >= 0.6 is 22.6 Å². The fraction of sp³-hybridized carbons (Fsp3) is 0.300. The van der Waals surface area contributed by atoms with Crippen molar-refractivity contribution in [3.05, 3.63) is 35.9 Å². The summed E-state index contributed by atoms with van der Waals surface area (Å²) in [5, 5.41) is 8.90. The fourth-order valence-electron chi connectivity index (χ4n) is 1.02. The van der Waals surface area contributed by atoms with Crippen LogP contribution in [-0.2, 0) is 11.2 Å². The molecule has 0 aromatic heterocycles. The van der Waals surface area contributed by atoms with Crippen molar-refractivity contribution < 1.29 is 11.3 Å². The van der Waals surface area contributed by atoms with Gasteiger partial charge < -0.3 is 5.11 Å². The number of aliphatic carboxylic acids is 1. The van der Waals surface area contributed by atoms with Crippen LogP contribution in [0, 0.1) is 5.89 Å². The van der Waals surface area contributed by atoms with Crippen molar-refractivity contribution in [3.63, 3.8) is 0 Å². The Bertz CT molecular complexity index is 315. The molecule has 70 valence electrons. The van der Waals surface area contributed by atoms with Crippen LogP contribution in [0.15, 0.2) is 30.3 Å². The molecule has 0 saturated carbocycles. The van der Waals surface area contributed by atoms with E-state index >= 15 is 0 Å². The molecule has 1 atom stereocenters. The van der Waals surface area contributed by atoms with Crippen molar-refractivity contribution in [1.29, 1.82) is 0 Å². The lowest BCUT2D eigenvalue weighted by Crippen LogP contribution is -2.17. The first-order valence-electron chi connectivity index (χ1n) is 4.42. The quantitative estimate of drug-likeness (QED) is 0.683. The summed E-state index contributed by atoms with van der Waals surface area (Å²) >= 11 is 1.94. The molecule has 1 unspecified atom stereocenters. The van der Waals surface area contributed by atoms with Crippen molar-refractivity contribution in [2.45, 2.75) is 6.42 Å². The maximum absolute atomic E-state index is 10.9. The van der Waals surface area contributed by atoms with Crippen LogP contribution in [0.5, 0.6) is 0 Å². The summed E-state index contributed by atoms with van der Waals surface area (Å²) < 4.78 is 8.04. The Balaban J connectivity index is 2.81. The molecule has 0 aliphatic rings. The monoisotopic (exact) mass is 291 g/mol. The minimum atomic E-state index is -1.40. The molecule has 0 spiro atoms. The highest BCUT2D eigenvalue weighted by Crippen LogP contribution is 2.11. The lowest BCUT2D eigenvalue weighted by atomic mass is 10.0. The second-order valence-corrected chi connectivity index (χ2v) is 3.47. The molecule has 0 amide bonds. The van der Waals surface area contributed by atoms with Gasteiger partial charge in [-0.1, -0.05) is 52.9 Å². The number of hydrogen-bond acceptors (Lipinski definition) is 1. The Morgan fingerprint density at radius 2 is 2.15 bits per heavy atom. The van der Waals surface area contributed by atoms with Gasteiger partial charge in [0.15, 0.2) is 0 Å². The highest BCUT2D eigenvalue weighted by atomic mass is 127. The molecule has 0 saturated heterocycles. The minimum absolute atomic E-state index is 0.256. The van der Waals surface area contributed by atoms with E-state index < -0.39 is 11.9 Å². The third kappa shape index (κ3) is 3.34. The summed E-state index contributed by atoms with van der Waals surface area (Å²) in [5.74, 6) is -2.46. The van der Waals surface area contributed by atoms with Crippen LogP contribution in [0.2, 0.25) is 0 Å². The lowest BCUT2D eigenvalue weighted by Gasteiger charge is -2.07. The average Bonchev–Trinajstić information content (AvgIpc) is 2.19. The zero-order valence-electron chi connectivity index (χ0n) is 8.03. The van der Waals surface area contributed by atoms with Gasteiger partial charge in [0.2, 0.25) is 0 Å². The Kier molecular flexibility index (Phi) is 3.61. The van der Waals surface area contributed by atoms with Crippen molar-refractivity contribution in [1.82, 2.24) is 0 Å². The van der Waals surface area contributed by atoms with Crippen molar-refractivity contribution in [2.24, 2.45) is 5.89 Å². The van der Waals surface area contributed by atoms with Crippen LogP contribution in [0.1, 0.15) is 6.93 Å².